The second-order valence-electron chi connectivity index (χ2n) is 7.90. The zero-order chi connectivity index (χ0) is 19.9. The van der Waals surface area contributed by atoms with E-state index < -0.39 is 0 Å². The molecule has 2 fully saturated rings. The maximum Gasteiger partial charge on any atom is 0.238 e. The van der Waals surface area contributed by atoms with Crippen molar-refractivity contribution in [2.45, 2.75) is 38.1 Å². The first-order chi connectivity index (χ1) is 14.3. The molecular formula is C22H30N6O. The van der Waals surface area contributed by atoms with Gasteiger partial charge in [-0.25, -0.2) is 4.98 Å². The summed E-state index contributed by atoms with van der Waals surface area (Å²) in [5.41, 5.74) is 0.849. The molecule has 2 N–H and O–H groups in total. The summed E-state index contributed by atoms with van der Waals surface area (Å²) >= 11 is 0. The minimum absolute atomic E-state index is 0.0459. The molecule has 0 radical (unpaired) electrons. The molecule has 1 amide bonds. The first-order valence-corrected chi connectivity index (χ1v) is 10.7. The van der Waals surface area contributed by atoms with Crippen LogP contribution in [0.2, 0.25) is 0 Å². The van der Waals surface area contributed by atoms with E-state index >= 15 is 0 Å². The number of nitrogens with zero attached hydrogens (tertiary/aromatic N) is 4. The minimum Gasteiger partial charge on any atom is -0.367 e. The Morgan fingerprint density at radius 1 is 1.00 bits per heavy atom. The van der Waals surface area contributed by atoms with Crippen molar-refractivity contribution in [2.24, 2.45) is 0 Å². The van der Waals surface area contributed by atoms with Crippen LogP contribution in [0.3, 0.4) is 0 Å². The first-order valence-electron chi connectivity index (χ1n) is 10.7. The number of piperidine rings is 2. The summed E-state index contributed by atoms with van der Waals surface area (Å²) in [5.74, 6) is 1.79. The molecule has 0 bridgehead atoms. The number of hydrogen-bond acceptors (Lipinski definition) is 6. The SMILES string of the molecule is O=C(CN1CCC(Nc2ccnc(N3CCCCC3)n2)CC1)Nc1ccccc1. The number of rotatable bonds is 6. The lowest BCUT2D eigenvalue weighted by Crippen LogP contribution is -2.42. The van der Waals surface area contributed by atoms with Crippen molar-refractivity contribution < 1.29 is 4.79 Å². The number of carbonyl (C=O) groups is 1. The molecule has 0 atom stereocenters. The summed E-state index contributed by atoms with van der Waals surface area (Å²) in [6, 6.07) is 12.0. The highest BCUT2D eigenvalue weighted by Gasteiger charge is 2.21. The average molecular weight is 395 g/mol. The Bertz CT molecular complexity index is 785. The fraction of sp³-hybridized carbons (Fsp3) is 0.500. The zero-order valence-corrected chi connectivity index (χ0v) is 16.9. The Kier molecular flexibility index (Phi) is 6.56. The highest BCUT2D eigenvalue weighted by Crippen LogP contribution is 2.19. The summed E-state index contributed by atoms with van der Waals surface area (Å²) in [7, 11) is 0. The number of likely N-dealkylation sites (tertiary alicyclic amines) is 1. The number of carbonyl (C=O) groups excluding carboxylic acids is 1. The van der Waals surface area contributed by atoms with E-state index in [2.05, 4.69) is 25.4 Å². The van der Waals surface area contributed by atoms with E-state index in [1.165, 1.54) is 19.3 Å². The number of aromatic nitrogens is 2. The zero-order valence-electron chi connectivity index (χ0n) is 16.9. The number of nitrogens with one attached hydrogen (secondary N) is 2. The number of anilines is 3. The molecule has 2 aliphatic heterocycles. The van der Waals surface area contributed by atoms with Crippen LogP contribution in [-0.4, -0.2) is 59.5 Å². The summed E-state index contributed by atoms with van der Waals surface area (Å²) in [5, 5.41) is 6.53. The topological polar surface area (TPSA) is 73.4 Å². The second kappa shape index (κ2) is 9.69. The molecule has 0 aliphatic carbocycles. The van der Waals surface area contributed by atoms with E-state index in [-0.39, 0.29) is 5.91 Å². The normalized spacial score (nSPS) is 18.4. The largest absolute Gasteiger partial charge is 0.367 e. The summed E-state index contributed by atoms with van der Waals surface area (Å²) in [6.07, 6.45) is 7.59. The minimum atomic E-state index is 0.0459. The Morgan fingerprint density at radius 3 is 2.52 bits per heavy atom. The van der Waals surface area contributed by atoms with Crippen molar-refractivity contribution in [1.82, 2.24) is 14.9 Å². The number of para-hydroxylation sites is 1. The molecule has 0 saturated carbocycles. The smallest absolute Gasteiger partial charge is 0.238 e. The van der Waals surface area contributed by atoms with Crippen molar-refractivity contribution >= 4 is 23.4 Å². The molecule has 3 heterocycles. The van der Waals surface area contributed by atoms with Crippen LogP contribution in [0, 0.1) is 0 Å². The quantitative estimate of drug-likeness (QED) is 0.785. The van der Waals surface area contributed by atoms with Gasteiger partial charge in [0.1, 0.15) is 5.82 Å². The summed E-state index contributed by atoms with van der Waals surface area (Å²) in [4.78, 5) is 25.9. The molecule has 1 aromatic heterocycles. The van der Waals surface area contributed by atoms with Crippen LogP contribution < -0.4 is 15.5 Å². The third-order valence-electron chi connectivity index (χ3n) is 5.65. The van der Waals surface area contributed by atoms with E-state index in [9.17, 15) is 4.79 Å². The molecule has 2 saturated heterocycles. The highest BCUT2D eigenvalue weighted by atomic mass is 16.2. The monoisotopic (exact) mass is 394 g/mol. The molecule has 7 heteroatoms. The third kappa shape index (κ3) is 5.67. The maximum atomic E-state index is 12.3. The molecule has 0 unspecified atom stereocenters. The van der Waals surface area contributed by atoms with Gasteiger partial charge in [-0.05, 0) is 50.3 Å². The fourth-order valence-electron chi connectivity index (χ4n) is 4.04. The number of benzene rings is 1. The summed E-state index contributed by atoms with van der Waals surface area (Å²) in [6.45, 7) is 4.35. The Hall–Kier alpha value is -2.67. The predicted octanol–water partition coefficient (Wildman–Crippen LogP) is 2.98. The number of hydrogen-bond donors (Lipinski definition) is 2. The van der Waals surface area contributed by atoms with E-state index in [0.29, 0.717) is 12.6 Å². The second-order valence-corrected chi connectivity index (χ2v) is 7.90. The van der Waals surface area contributed by atoms with Gasteiger partial charge in [0.25, 0.3) is 0 Å². The van der Waals surface area contributed by atoms with Crippen LogP contribution in [0.5, 0.6) is 0 Å². The van der Waals surface area contributed by atoms with Crippen molar-refractivity contribution in [2.75, 3.05) is 48.3 Å². The molecule has 2 aromatic rings. The van der Waals surface area contributed by atoms with E-state index in [1.807, 2.05) is 42.6 Å². The number of amides is 1. The first kappa shape index (κ1) is 19.6. The standard InChI is InChI=1S/C22H30N6O/c29-21(25-18-7-3-1-4-8-18)17-27-15-10-19(11-16-27)24-20-9-12-23-22(26-20)28-13-5-2-6-14-28/h1,3-4,7-9,12,19H,2,5-6,10-11,13-17H2,(H,25,29)(H,23,24,26). The molecule has 2 aliphatic rings. The van der Waals surface area contributed by atoms with Crippen LogP contribution >= 0.6 is 0 Å². The van der Waals surface area contributed by atoms with Crippen LogP contribution in [0.25, 0.3) is 0 Å². The molecule has 7 nitrogen and oxygen atoms in total. The van der Waals surface area contributed by atoms with Crippen molar-refractivity contribution in [3.05, 3.63) is 42.6 Å². The van der Waals surface area contributed by atoms with Crippen LogP contribution in [0.15, 0.2) is 42.6 Å². The van der Waals surface area contributed by atoms with Gasteiger partial charge in [-0.3, -0.25) is 9.69 Å². The van der Waals surface area contributed by atoms with E-state index in [0.717, 1.165) is 56.5 Å². The molecule has 1 aromatic carbocycles. The van der Waals surface area contributed by atoms with Gasteiger partial charge in [0, 0.05) is 44.1 Å². The van der Waals surface area contributed by atoms with Crippen molar-refractivity contribution in [1.29, 1.82) is 0 Å². The van der Waals surface area contributed by atoms with Crippen LogP contribution in [0.4, 0.5) is 17.5 Å². The molecule has 29 heavy (non-hydrogen) atoms. The van der Waals surface area contributed by atoms with Crippen LogP contribution in [0.1, 0.15) is 32.1 Å². The van der Waals surface area contributed by atoms with Gasteiger partial charge in [0.2, 0.25) is 11.9 Å². The van der Waals surface area contributed by atoms with Gasteiger partial charge in [-0.2, -0.15) is 4.98 Å². The molecular weight excluding hydrogens is 364 g/mol. The van der Waals surface area contributed by atoms with Gasteiger partial charge >= 0.3 is 0 Å². The lowest BCUT2D eigenvalue weighted by Gasteiger charge is -2.32. The summed E-state index contributed by atoms with van der Waals surface area (Å²) < 4.78 is 0. The lowest BCUT2D eigenvalue weighted by molar-refractivity contribution is -0.117. The van der Waals surface area contributed by atoms with Gasteiger partial charge in [-0.1, -0.05) is 18.2 Å². The molecule has 154 valence electrons. The van der Waals surface area contributed by atoms with Crippen molar-refractivity contribution in [3.63, 3.8) is 0 Å². The predicted molar refractivity (Wildman–Crippen MR) is 116 cm³/mol. The van der Waals surface area contributed by atoms with Crippen LogP contribution in [-0.2, 0) is 4.79 Å². The van der Waals surface area contributed by atoms with E-state index in [1.54, 1.807) is 0 Å². The highest BCUT2D eigenvalue weighted by molar-refractivity contribution is 5.92. The van der Waals surface area contributed by atoms with Gasteiger partial charge in [0.15, 0.2) is 0 Å². The van der Waals surface area contributed by atoms with Gasteiger partial charge in [0.05, 0.1) is 6.54 Å². The molecule has 0 spiro atoms. The fourth-order valence-corrected chi connectivity index (χ4v) is 4.04. The third-order valence-corrected chi connectivity index (χ3v) is 5.65. The van der Waals surface area contributed by atoms with Gasteiger partial charge in [-0.15, -0.1) is 0 Å². The Balaban J connectivity index is 1.23. The van der Waals surface area contributed by atoms with Crippen molar-refractivity contribution in [3.8, 4) is 0 Å². The Morgan fingerprint density at radius 2 is 1.76 bits per heavy atom. The average Bonchev–Trinajstić information content (AvgIpc) is 2.77. The maximum absolute atomic E-state index is 12.3. The Labute approximate surface area is 172 Å². The van der Waals surface area contributed by atoms with Gasteiger partial charge < -0.3 is 15.5 Å². The lowest BCUT2D eigenvalue weighted by atomic mass is 10.1. The van der Waals surface area contributed by atoms with E-state index in [4.69, 9.17) is 4.98 Å². The molecule has 4 rings (SSSR count).